The molecule has 0 fully saturated rings. The summed E-state index contributed by atoms with van der Waals surface area (Å²) in [6, 6.07) is 10.4. The number of aromatic nitrogens is 4. The molecule has 0 atom stereocenters. The molecule has 0 saturated heterocycles. The predicted octanol–water partition coefficient (Wildman–Crippen LogP) is 3.04. The van der Waals surface area contributed by atoms with Crippen molar-refractivity contribution in [2.45, 2.75) is 20.3 Å². The Labute approximate surface area is 137 Å². The van der Waals surface area contributed by atoms with Gasteiger partial charge in [0, 0.05) is 12.0 Å². The fourth-order valence-corrected chi connectivity index (χ4v) is 2.65. The molecule has 122 valence electrons. The molecule has 0 radical (unpaired) electrons. The van der Waals surface area contributed by atoms with E-state index in [9.17, 15) is 14.3 Å². The van der Waals surface area contributed by atoms with Gasteiger partial charge in [-0.2, -0.15) is 4.68 Å². The second-order valence-corrected chi connectivity index (χ2v) is 5.29. The Morgan fingerprint density at radius 1 is 1.29 bits per heavy atom. The zero-order valence-electron chi connectivity index (χ0n) is 13.2. The van der Waals surface area contributed by atoms with Crippen molar-refractivity contribution in [3.63, 3.8) is 0 Å². The largest absolute Gasteiger partial charge is 0.478 e. The zero-order valence-corrected chi connectivity index (χ0v) is 13.2. The van der Waals surface area contributed by atoms with Gasteiger partial charge in [-0.05, 0) is 34.5 Å². The van der Waals surface area contributed by atoms with Crippen LogP contribution in [0.3, 0.4) is 0 Å². The highest BCUT2D eigenvalue weighted by Gasteiger charge is 2.23. The SMILES string of the molecule is CCc1nnnn1-c1cc(-c2ccccc2)c(F)c(C(=O)O)c1C. The van der Waals surface area contributed by atoms with Crippen molar-refractivity contribution in [3.8, 4) is 16.8 Å². The Bertz CT molecular complexity index is 906. The molecule has 0 saturated carbocycles. The summed E-state index contributed by atoms with van der Waals surface area (Å²) < 4.78 is 16.3. The fraction of sp³-hybridized carbons (Fsp3) is 0.176. The van der Waals surface area contributed by atoms with Crippen molar-refractivity contribution in [2.75, 3.05) is 0 Å². The third-order valence-electron chi connectivity index (χ3n) is 3.87. The number of aromatic carboxylic acids is 1. The highest BCUT2D eigenvalue weighted by atomic mass is 19.1. The lowest BCUT2D eigenvalue weighted by atomic mass is 9.96. The minimum absolute atomic E-state index is 0.200. The van der Waals surface area contributed by atoms with E-state index in [0.29, 0.717) is 23.5 Å². The lowest BCUT2D eigenvalue weighted by Gasteiger charge is -2.14. The lowest BCUT2D eigenvalue weighted by molar-refractivity contribution is 0.0691. The van der Waals surface area contributed by atoms with E-state index in [4.69, 9.17) is 0 Å². The number of halogens is 1. The summed E-state index contributed by atoms with van der Waals surface area (Å²) in [5.41, 5.74) is 1.15. The van der Waals surface area contributed by atoms with Crippen LogP contribution in [0.2, 0.25) is 0 Å². The number of aryl methyl sites for hydroxylation is 1. The molecule has 0 bridgehead atoms. The van der Waals surface area contributed by atoms with Crippen LogP contribution in [0.15, 0.2) is 36.4 Å². The average molecular weight is 326 g/mol. The normalized spacial score (nSPS) is 10.8. The topological polar surface area (TPSA) is 80.9 Å². The first-order valence-corrected chi connectivity index (χ1v) is 7.44. The van der Waals surface area contributed by atoms with Crippen LogP contribution in [0.25, 0.3) is 16.8 Å². The van der Waals surface area contributed by atoms with E-state index >= 15 is 0 Å². The molecule has 6 nitrogen and oxygen atoms in total. The van der Waals surface area contributed by atoms with Gasteiger partial charge in [0.2, 0.25) is 0 Å². The van der Waals surface area contributed by atoms with E-state index in [2.05, 4.69) is 15.5 Å². The van der Waals surface area contributed by atoms with Crippen molar-refractivity contribution in [2.24, 2.45) is 0 Å². The third-order valence-corrected chi connectivity index (χ3v) is 3.87. The Kier molecular flexibility index (Phi) is 4.07. The van der Waals surface area contributed by atoms with E-state index in [1.165, 1.54) is 4.68 Å². The number of carbonyl (C=O) groups is 1. The van der Waals surface area contributed by atoms with Crippen molar-refractivity contribution < 1.29 is 14.3 Å². The molecule has 0 aliphatic carbocycles. The van der Waals surface area contributed by atoms with Crippen LogP contribution < -0.4 is 0 Å². The smallest absolute Gasteiger partial charge is 0.339 e. The summed E-state index contributed by atoms with van der Waals surface area (Å²) in [5.74, 6) is -1.52. The van der Waals surface area contributed by atoms with Gasteiger partial charge in [-0.1, -0.05) is 37.3 Å². The molecule has 1 aromatic heterocycles. The molecular formula is C17H15FN4O2. The number of carboxylic acids is 1. The molecular weight excluding hydrogens is 311 g/mol. The van der Waals surface area contributed by atoms with E-state index in [1.54, 1.807) is 37.3 Å². The molecule has 0 unspecified atom stereocenters. The lowest BCUT2D eigenvalue weighted by Crippen LogP contribution is -2.12. The van der Waals surface area contributed by atoms with Gasteiger partial charge in [0.15, 0.2) is 5.82 Å². The first kappa shape index (κ1) is 15.8. The highest BCUT2D eigenvalue weighted by Crippen LogP contribution is 2.31. The van der Waals surface area contributed by atoms with Crippen LogP contribution in [0.1, 0.15) is 28.7 Å². The van der Waals surface area contributed by atoms with Crippen molar-refractivity contribution >= 4 is 5.97 Å². The van der Waals surface area contributed by atoms with Gasteiger partial charge >= 0.3 is 5.97 Å². The monoisotopic (exact) mass is 326 g/mol. The molecule has 0 aliphatic rings. The molecule has 0 aliphatic heterocycles. The van der Waals surface area contributed by atoms with Gasteiger partial charge in [-0.15, -0.1) is 5.10 Å². The highest BCUT2D eigenvalue weighted by molar-refractivity contribution is 5.93. The average Bonchev–Trinajstić information content (AvgIpc) is 3.04. The summed E-state index contributed by atoms with van der Waals surface area (Å²) in [6.45, 7) is 3.44. The van der Waals surface area contributed by atoms with Crippen LogP contribution in [-0.4, -0.2) is 31.3 Å². The Hall–Kier alpha value is -3.09. The maximum absolute atomic E-state index is 14.8. The summed E-state index contributed by atoms with van der Waals surface area (Å²) in [7, 11) is 0. The predicted molar refractivity (Wildman–Crippen MR) is 85.6 cm³/mol. The molecule has 24 heavy (non-hydrogen) atoms. The summed E-state index contributed by atoms with van der Waals surface area (Å²) in [4.78, 5) is 11.6. The molecule has 0 spiro atoms. The number of benzene rings is 2. The fourth-order valence-electron chi connectivity index (χ4n) is 2.65. The van der Waals surface area contributed by atoms with Gasteiger partial charge in [0.25, 0.3) is 0 Å². The second-order valence-electron chi connectivity index (χ2n) is 5.29. The van der Waals surface area contributed by atoms with Crippen molar-refractivity contribution in [1.29, 1.82) is 0 Å². The van der Waals surface area contributed by atoms with Crippen LogP contribution >= 0.6 is 0 Å². The summed E-state index contributed by atoms with van der Waals surface area (Å²) in [6.07, 6.45) is 0.562. The summed E-state index contributed by atoms with van der Waals surface area (Å²) in [5, 5.41) is 20.9. The molecule has 1 heterocycles. The van der Waals surface area contributed by atoms with Gasteiger partial charge in [-0.3, -0.25) is 0 Å². The van der Waals surface area contributed by atoms with E-state index < -0.39 is 11.8 Å². The summed E-state index contributed by atoms with van der Waals surface area (Å²) >= 11 is 0. The standard InChI is InChI=1S/C17H15FN4O2/c1-3-14-19-20-21-22(14)13-9-12(11-7-5-4-6-8-11)16(18)15(10(13)2)17(23)24/h4-9H,3H2,1-2H3,(H,23,24). The van der Waals surface area contributed by atoms with E-state index in [1.807, 2.05) is 13.0 Å². The second kappa shape index (κ2) is 6.19. The van der Waals surface area contributed by atoms with Gasteiger partial charge in [0.1, 0.15) is 11.4 Å². The van der Waals surface area contributed by atoms with Crippen LogP contribution in [0.5, 0.6) is 0 Å². The van der Waals surface area contributed by atoms with E-state index in [-0.39, 0.29) is 16.7 Å². The molecule has 3 rings (SSSR count). The number of hydrogen-bond acceptors (Lipinski definition) is 4. The molecule has 1 N–H and O–H groups in total. The quantitative estimate of drug-likeness (QED) is 0.797. The number of carboxylic acid groups (broad SMARTS) is 1. The minimum Gasteiger partial charge on any atom is -0.478 e. The molecule has 7 heteroatoms. The van der Waals surface area contributed by atoms with Crippen LogP contribution in [0.4, 0.5) is 4.39 Å². The van der Waals surface area contributed by atoms with Crippen LogP contribution in [-0.2, 0) is 6.42 Å². The first-order valence-electron chi connectivity index (χ1n) is 7.44. The number of tetrazole rings is 1. The first-order chi connectivity index (χ1) is 11.5. The van der Waals surface area contributed by atoms with Crippen molar-refractivity contribution in [3.05, 3.63) is 59.2 Å². The number of nitrogens with zero attached hydrogens (tertiary/aromatic N) is 4. The number of rotatable bonds is 4. The van der Waals surface area contributed by atoms with Gasteiger partial charge in [-0.25, -0.2) is 9.18 Å². The number of hydrogen-bond donors (Lipinski definition) is 1. The van der Waals surface area contributed by atoms with Gasteiger partial charge < -0.3 is 5.11 Å². The Balaban J connectivity index is 2.35. The third kappa shape index (κ3) is 2.54. The zero-order chi connectivity index (χ0) is 17.3. The molecule has 3 aromatic rings. The molecule has 2 aromatic carbocycles. The molecule has 0 amide bonds. The Morgan fingerprint density at radius 2 is 2.00 bits per heavy atom. The van der Waals surface area contributed by atoms with E-state index in [0.717, 1.165) is 0 Å². The van der Waals surface area contributed by atoms with Crippen molar-refractivity contribution in [1.82, 2.24) is 20.2 Å². The maximum Gasteiger partial charge on any atom is 0.339 e. The Morgan fingerprint density at radius 3 is 2.62 bits per heavy atom. The maximum atomic E-state index is 14.8. The van der Waals surface area contributed by atoms with Crippen LogP contribution in [0, 0.1) is 12.7 Å². The van der Waals surface area contributed by atoms with Gasteiger partial charge in [0.05, 0.1) is 5.69 Å². The minimum atomic E-state index is -1.32.